The number of ether oxygens (including phenoxy) is 1. The minimum atomic E-state index is -3.52. The number of carbonyl (C=O) groups is 1. The van der Waals surface area contributed by atoms with Gasteiger partial charge in [-0.05, 0) is 19.1 Å². The highest BCUT2D eigenvalue weighted by Crippen LogP contribution is 2.16. The van der Waals surface area contributed by atoms with Crippen molar-refractivity contribution in [3.8, 4) is 5.75 Å². The highest BCUT2D eigenvalue weighted by Gasteiger charge is 2.20. The summed E-state index contributed by atoms with van der Waals surface area (Å²) >= 11 is 0. The fourth-order valence-corrected chi connectivity index (χ4v) is 2.93. The van der Waals surface area contributed by atoms with Crippen molar-refractivity contribution in [2.24, 2.45) is 0 Å². The molecule has 0 unspecified atom stereocenters. The minimum Gasteiger partial charge on any atom is -0.493 e. The highest BCUT2D eigenvalue weighted by atomic mass is 32.2. The van der Waals surface area contributed by atoms with Crippen LogP contribution in [0.5, 0.6) is 5.75 Å². The molecule has 1 aromatic heterocycles. The zero-order valence-corrected chi connectivity index (χ0v) is 15.0. The van der Waals surface area contributed by atoms with E-state index < -0.39 is 10.0 Å². The normalized spacial score (nSPS) is 11.1. The van der Waals surface area contributed by atoms with Crippen molar-refractivity contribution < 1.29 is 22.5 Å². The van der Waals surface area contributed by atoms with E-state index in [9.17, 15) is 13.2 Å². The number of rotatable bonds is 9. The van der Waals surface area contributed by atoms with E-state index in [1.807, 2.05) is 30.3 Å². The number of carbonyl (C=O) groups excluding carboxylic acids is 1. The Morgan fingerprint density at radius 1 is 1.32 bits per heavy atom. The van der Waals surface area contributed by atoms with Gasteiger partial charge in [0.1, 0.15) is 11.5 Å². The van der Waals surface area contributed by atoms with Crippen molar-refractivity contribution in [1.29, 1.82) is 0 Å². The summed E-state index contributed by atoms with van der Waals surface area (Å²) in [6, 6.07) is 10.7. The van der Waals surface area contributed by atoms with Gasteiger partial charge in [-0.1, -0.05) is 23.4 Å². The van der Waals surface area contributed by atoms with Gasteiger partial charge in [-0.25, -0.2) is 12.7 Å². The zero-order valence-electron chi connectivity index (χ0n) is 14.1. The van der Waals surface area contributed by atoms with Crippen LogP contribution in [0.25, 0.3) is 0 Å². The minimum absolute atomic E-state index is 0.0656. The van der Waals surface area contributed by atoms with Crippen LogP contribution in [0.4, 0.5) is 5.82 Å². The van der Waals surface area contributed by atoms with Crippen molar-refractivity contribution in [2.75, 3.05) is 30.3 Å². The van der Waals surface area contributed by atoms with Gasteiger partial charge in [-0.3, -0.25) is 4.79 Å². The molecule has 25 heavy (non-hydrogen) atoms. The number of sulfonamides is 1. The summed E-state index contributed by atoms with van der Waals surface area (Å²) < 4.78 is 35.1. The number of nitrogens with zero attached hydrogens (tertiary/aromatic N) is 2. The van der Waals surface area contributed by atoms with Crippen molar-refractivity contribution in [2.45, 2.75) is 13.3 Å². The SMILES string of the molecule is Cc1cc(N(CCNC(=O)CCOc2ccccc2)S(C)(=O)=O)no1. The molecule has 9 heteroatoms. The van der Waals surface area contributed by atoms with E-state index >= 15 is 0 Å². The van der Waals surface area contributed by atoms with Crippen molar-refractivity contribution in [1.82, 2.24) is 10.5 Å². The standard InChI is InChI=1S/C16H21N3O5S/c1-13-12-15(18-24-13)19(25(2,21)22)10-9-17-16(20)8-11-23-14-6-4-3-5-7-14/h3-7,12H,8-11H2,1-2H3,(H,17,20). The molecule has 0 aliphatic carbocycles. The second kappa shape index (κ2) is 8.52. The van der Waals surface area contributed by atoms with E-state index in [1.54, 1.807) is 6.92 Å². The van der Waals surface area contributed by atoms with E-state index in [-0.39, 0.29) is 37.8 Å². The van der Waals surface area contributed by atoms with Gasteiger partial charge in [0.05, 0.1) is 25.8 Å². The summed E-state index contributed by atoms with van der Waals surface area (Å²) in [6.07, 6.45) is 1.25. The average Bonchev–Trinajstić information content (AvgIpc) is 2.97. The molecule has 8 nitrogen and oxygen atoms in total. The van der Waals surface area contributed by atoms with Gasteiger partial charge >= 0.3 is 0 Å². The van der Waals surface area contributed by atoms with E-state index in [0.29, 0.717) is 11.5 Å². The molecule has 136 valence electrons. The Labute approximate surface area is 146 Å². The maximum Gasteiger partial charge on any atom is 0.233 e. The lowest BCUT2D eigenvalue weighted by Crippen LogP contribution is -2.38. The average molecular weight is 367 g/mol. The molecule has 0 bridgehead atoms. The predicted molar refractivity (Wildman–Crippen MR) is 93.0 cm³/mol. The quantitative estimate of drug-likeness (QED) is 0.717. The van der Waals surface area contributed by atoms with E-state index in [1.165, 1.54) is 6.07 Å². The lowest BCUT2D eigenvalue weighted by atomic mass is 10.3. The Morgan fingerprint density at radius 3 is 2.64 bits per heavy atom. The number of amides is 1. The Bertz CT molecular complexity index is 789. The third kappa shape index (κ3) is 6.11. The summed E-state index contributed by atoms with van der Waals surface area (Å²) in [4.78, 5) is 11.8. The second-order valence-electron chi connectivity index (χ2n) is 5.39. The van der Waals surface area contributed by atoms with E-state index in [0.717, 1.165) is 10.6 Å². The molecule has 1 aromatic carbocycles. The second-order valence-corrected chi connectivity index (χ2v) is 7.30. The molecular weight excluding hydrogens is 346 g/mol. The number of nitrogens with one attached hydrogen (secondary N) is 1. The lowest BCUT2D eigenvalue weighted by Gasteiger charge is -2.19. The van der Waals surface area contributed by atoms with Gasteiger partial charge in [0.2, 0.25) is 15.9 Å². The number of anilines is 1. The number of para-hydroxylation sites is 1. The van der Waals surface area contributed by atoms with Crippen LogP contribution < -0.4 is 14.4 Å². The fourth-order valence-electron chi connectivity index (χ4n) is 2.08. The van der Waals surface area contributed by atoms with E-state index in [2.05, 4.69) is 10.5 Å². The van der Waals surface area contributed by atoms with Gasteiger partial charge < -0.3 is 14.6 Å². The maximum absolute atomic E-state index is 11.9. The fraction of sp³-hybridized carbons (Fsp3) is 0.375. The molecule has 0 atom stereocenters. The molecule has 0 saturated heterocycles. The molecule has 1 amide bonds. The molecule has 1 heterocycles. The van der Waals surface area contributed by atoms with Gasteiger partial charge in [-0.15, -0.1) is 0 Å². The number of aromatic nitrogens is 1. The third-order valence-electron chi connectivity index (χ3n) is 3.25. The summed E-state index contributed by atoms with van der Waals surface area (Å²) in [5, 5.41) is 6.37. The Hall–Kier alpha value is -2.55. The topological polar surface area (TPSA) is 102 Å². The third-order valence-corrected chi connectivity index (χ3v) is 4.42. The number of benzene rings is 1. The number of hydrogen-bond acceptors (Lipinski definition) is 6. The van der Waals surface area contributed by atoms with Gasteiger partial charge in [0.25, 0.3) is 0 Å². The molecule has 1 N–H and O–H groups in total. The molecule has 2 aromatic rings. The van der Waals surface area contributed by atoms with Gasteiger partial charge in [0, 0.05) is 12.6 Å². The smallest absolute Gasteiger partial charge is 0.233 e. The van der Waals surface area contributed by atoms with Crippen molar-refractivity contribution in [3.05, 3.63) is 42.2 Å². The highest BCUT2D eigenvalue weighted by molar-refractivity contribution is 7.92. The molecule has 0 fully saturated rings. The molecule has 0 saturated carbocycles. The van der Waals surface area contributed by atoms with E-state index in [4.69, 9.17) is 9.26 Å². The molecule has 0 radical (unpaired) electrons. The molecule has 0 aliphatic heterocycles. The first kappa shape index (κ1) is 18.8. The molecule has 2 rings (SSSR count). The predicted octanol–water partition coefficient (Wildman–Crippen LogP) is 1.33. The summed E-state index contributed by atoms with van der Waals surface area (Å²) in [6.45, 7) is 2.14. The van der Waals surface area contributed by atoms with Crippen LogP contribution >= 0.6 is 0 Å². The zero-order chi connectivity index (χ0) is 18.3. The molecule has 0 aliphatic rings. The van der Waals surface area contributed by atoms with Crippen LogP contribution in [0.3, 0.4) is 0 Å². The van der Waals surface area contributed by atoms with Crippen LogP contribution in [0.2, 0.25) is 0 Å². The van der Waals surface area contributed by atoms with Crippen LogP contribution in [0, 0.1) is 6.92 Å². The van der Waals surface area contributed by atoms with Crippen molar-refractivity contribution in [3.63, 3.8) is 0 Å². The molecule has 0 spiro atoms. The van der Waals surface area contributed by atoms with Crippen LogP contribution in [-0.4, -0.2) is 45.4 Å². The summed E-state index contributed by atoms with van der Waals surface area (Å²) in [5.74, 6) is 1.17. The lowest BCUT2D eigenvalue weighted by molar-refractivity contribution is -0.121. The summed E-state index contributed by atoms with van der Waals surface area (Å²) in [7, 11) is -3.52. The van der Waals surface area contributed by atoms with Crippen LogP contribution in [-0.2, 0) is 14.8 Å². The number of aryl methyl sites for hydroxylation is 1. The first-order valence-electron chi connectivity index (χ1n) is 7.72. The van der Waals surface area contributed by atoms with Crippen molar-refractivity contribution >= 4 is 21.7 Å². The Balaban J connectivity index is 1.76. The Kier molecular flexibility index (Phi) is 6.40. The summed E-state index contributed by atoms with van der Waals surface area (Å²) in [5.41, 5.74) is 0. The molecular formula is C16H21N3O5S. The largest absolute Gasteiger partial charge is 0.493 e. The van der Waals surface area contributed by atoms with Gasteiger partial charge in [0.15, 0.2) is 5.82 Å². The maximum atomic E-state index is 11.9. The first-order valence-corrected chi connectivity index (χ1v) is 9.56. The van der Waals surface area contributed by atoms with Crippen LogP contribution in [0.15, 0.2) is 40.9 Å². The van der Waals surface area contributed by atoms with Gasteiger partial charge in [-0.2, -0.15) is 0 Å². The first-order chi connectivity index (χ1) is 11.9. The van der Waals surface area contributed by atoms with Crippen LogP contribution in [0.1, 0.15) is 12.2 Å². The number of hydrogen-bond donors (Lipinski definition) is 1. The monoisotopic (exact) mass is 367 g/mol. The Morgan fingerprint density at radius 2 is 2.04 bits per heavy atom.